The number of methoxy groups -OCH3 is 2. The Bertz CT molecular complexity index is 914. The Kier molecular flexibility index (Phi) is 6.32. The molecule has 6 nitrogen and oxygen atoms in total. The van der Waals surface area contributed by atoms with E-state index in [-0.39, 0.29) is 0 Å². The van der Waals surface area contributed by atoms with Crippen molar-refractivity contribution < 1.29 is 9.47 Å². The van der Waals surface area contributed by atoms with Crippen LogP contribution in [0, 0.1) is 5.92 Å². The van der Waals surface area contributed by atoms with Gasteiger partial charge in [-0.25, -0.2) is 4.98 Å². The monoisotopic (exact) mass is 378 g/mol. The quantitative estimate of drug-likeness (QED) is 0.577. The molecule has 3 aromatic rings. The molecule has 2 aromatic carbocycles. The van der Waals surface area contributed by atoms with Crippen molar-refractivity contribution in [3.63, 3.8) is 0 Å². The van der Waals surface area contributed by atoms with Crippen molar-refractivity contribution in [1.82, 2.24) is 9.97 Å². The van der Waals surface area contributed by atoms with Gasteiger partial charge in [-0.15, -0.1) is 0 Å². The molecule has 6 heteroatoms. The zero-order valence-electron chi connectivity index (χ0n) is 16.7. The Labute approximate surface area is 166 Å². The molecule has 3 rings (SSSR count). The van der Waals surface area contributed by atoms with Crippen LogP contribution in [-0.2, 0) is 0 Å². The lowest BCUT2D eigenvalue weighted by atomic mass is 10.1. The van der Waals surface area contributed by atoms with Gasteiger partial charge < -0.3 is 20.1 Å². The maximum absolute atomic E-state index is 5.39. The van der Waals surface area contributed by atoms with Crippen molar-refractivity contribution >= 4 is 17.5 Å². The highest BCUT2D eigenvalue weighted by atomic mass is 16.5. The second-order valence-electron chi connectivity index (χ2n) is 6.80. The zero-order valence-corrected chi connectivity index (χ0v) is 16.7. The summed E-state index contributed by atoms with van der Waals surface area (Å²) in [6.45, 7) is 5.10. The standard InChI is InChI=1S/C22H26N4O2/c1-15(2)14-23-22-25-18(16-8-6-5-7-9-16)13-21(26-22)24-17-10-11-19(27-3)20(12-17)28-4/h5-13,15H,14H2,1-4H3,(H2,23,24,25,26). The Hall–Kier alpha value is -3.28. The van der Waals surface area contributed by atoms with Gasteiger partial charge in [0.1, 0.15) is 5.82 Å². The summed E-state index contributed by atoms with van der Waals surface area (Å²) in [7, 11) is 3.24. The van der Waals surface area contributed by atoms with Gasteiger partial charge in [-0.2, -0.15) is 4.98 Å². The molecule has 0 saturated carbocycles. The molecule has 0 atom stereocenters. The Morgan fingerprint density at radius 1 is 0.893 bits per heavy atom. The average Bonchev–Trinajstić information content (AvgIpc) is 2.72. The van der Waals surface area contributed by atoms with E-state index in [1.807, 2.05) is 54.6 Å². The van der Waals surface area contributed by atoms with Crippen LogP contribution in [0.5, 0.6) is 11.5 Å². The predicted molar refractivity (Wildman–Crippen MR) is 114 cm³/mol. The first-order chi connectivity index (χ1) is 13.6. The van der Waals surface area contributed by atoms with Crippen molar-refractivity contribution in [1.29, 1.82) is 0 Å². The van der Waals surface area contributed by atoms with Crippen molar-refractivity contribution in [2.24, 2.45) is 5.92 Å². The largest absolute Gasteiger partial charge is 0.493 e. The average molecular weight is 378 g/mol. The number of nitrogens with one attached hydrogen (secondary N) is 2. The van der Waals surface area contributed by atoms with Gasteiger partial charge in [-0.1, -0.05) is 44.2 Å². The van der Waals surface area contributed by atoms with E-state index in [9.17, 15) is 0 Å². The van der Waals surface area contributed by atoms with Crippen LogP contribution < -0.4 is 20.1 Å². The SMILES string of the molecule is COc1ccc(Nc2cc(-c3ccccc3)nc(NCC(C)C)n2)cc1OC. The maximum Gasteiger partial charge on any atom is 0.225 e. The lowest BCUT2D eigenvalue weighted by molar-refractivity contribution is 0.355. The summed E-state index contributed by atoms with van der Waals surface area (Å²) in [6.07, 6.45) is 0. The molecule has 1 aromatic heterocycles. The van der Waals surface area contributed by atoms with E-state index in [0.717, 1.165) is 23.5 Å². The normalized spacial score (nSPS) is 10.6. The number of rotatable bonds is 8. The second-order valence-corrected chi connectivity index (χ2v) is 6.80. The van der Waals surface area contributed by atoms with E-state index in [1.54, 1.807) is 14.2 Å². The molecule has 0 amide bonds. The third kappa shape index (κ3) is 4.91. The fourth-order valence-electron chi connectivity index (χ4n) is 2.70. The molecule has 1 heterocycles. The van der Waals surface area contributed by atoms with E-state index < -0.39 is 0 Å². The smallest absolute Gasteiger partial charge is 0.225 e. The molecule has 0 radical (unpaired) electrons. The van der Waals surface area contributed by atoms with Gasteiger partial charge in [0.05, 0.1) is 19.9 Å². The molecule has 28 heavy (non-hydrogen) atoms. The summed E-state index contributed by atoms with van der Waals surface area (Å²) in [5.41, 5.74) is 2.74. The van der Waals surface area contributed by atoms with Crippen LogP contribution in [0.15, 0.2) is 54.6 Å². The molecule has 0 fully saturated rings. The number of hydrogen-bond acceptors (Lipinski definition) is 6. The van der Waals surface area contributed by atoms with Gasteiger partial charge in [0.25, 0.3) is 0 Å². The highest BCUT2D eigenvalue weighted by Crippen LogP contribution is 2.31. The van der Waals surface area contributed by atoms with Crippen LogP contribution in [0.4, 0.5) is 17.5 Å². The number of benzene rings is 2. The lowest BCUT2D eigenvalue weighted by Crippen LogP contribution is -2.11. The third-order valence-electron chi connectivity index (χ3n) is 4.12. The Balaban J connectivity index is 1.94. The number of hydrogen-bond donors (Lipinski definition) is 2. The summed E-state index contributed by atoms with van der Waals surface area (Å²) in [4.78, 5) is 9.29. The van der Waals surface area contributed by atoms with E-state index in [0.29, 0.717) is 29.2 Å². The number of aromatic nitrogens is 2. The first-order valence-electron chi connectivity index (χ1n) is 9.26. The van der Waals surface area contributed by atoms with Crippen molar-refractivity contribution in [3.8, 4) is 22.8 Å². The van der Waals surface area contributed by atoms with Gasteiger partial charge in [0.15, 0.2) is 11.5 Å². The van der Waals surface area contributed by atoms with Crippen LogP contribution in [0.2, 0.25) is 0 Å². The second kappa shape index (κ2) is 9.08. The molecule has 146 valence electrons. The minimum Gasteiger partial charge on any atom is -0.493 e. The van der Waals surface area contributed by atoms with Gasteiger partial charge >= 0.3 is 0 Å². The van der Waals surface area contributed by atoms with Crippen LogP contribution in [0.25, 0.3) is 11.3 Å². The Morgan fingerprint density at radius 3 is 2.32 bits per heavy atom. The van der Waals surface area contributed by atoms with E-state index >= 15 is 0 Å². The van der Waals surface area contributed by atoms with Gasteiger partial charge in [-0.05, 0) is 18.1 Å². The summed E-state index contributed by atoms with van der Waals surface area (Å²) in [5.74, 6) is 3.12. The molecule has 0 bridgehead atoms. The molecule has 0 aliphatic rings. The molecule has 0 saturated heterocycles. The minimum absolute atomic E-state index is 0.492. The fraction of sp³-hybridized carbons (Fsp3) is 0.273. The molecular formula is C22H26N4O2. The van der Waals surface area contributed by atoms with Gasteiger partial charge in [-0.3, -0.25) is 0 Å². The third-order valence-corrected chi connectivity index (χ3v) is 4.12. The summed E-state index contributed by atoms with van der Waals surface area (Å²) in [5, 5.41) is 6.66. The van der Waals surface area contributed by atoms with Gasteiger partial charge in [0.2, 0.25) is 5.95 Å². The Morgan fingerprint density at radius 2 is 1.64 bits per heavy atom. The number of ether oxygens (including phenoxy) is 2. The van der Waals surface area contributed by atoms with Crippen molar-refractivity contribution in [2.45, 2.75) is 13.8 Å². The molecule has 0 aliphatic heterocycles. The first-order valence-corrected chi connectivity index (χ1v) is 9.26. The summed E-state index contributed by atoms with van der Waals surface area (Å²) >= 11 is 0. The van der Waals surface area contributed by atoms with Crippen LogP contribution in [0.3, 0.4) is 0 Å². The zero-order chi connectivity index (χ0) is 19.9. The highest BCUT2D eigenvalue weighted by Gasteiger charge is 2.10. The predicted octanol–water partition coefficient (Wildman–Crippen LogP) is 4.97. The summed E-state index contributed by atoms with van der Waals surface area (Å²) < 4.78 is 10.7. The van der Waals surface area contributed by atoms with E-state index in [4.69, 9.17) is 9.47 Å². The molecule has 2 N–H and O–H groups in total. The van der Waals surface area contributed by atoms with Crippen LogP contribution >= 0.6 is 0 Å². The first kappa shape index (κ1) is 19.5. The fourth-order valence-corrected chi connectivity index (χ4v) is 2.70. The topological polar surface area (TPSA) is 68.3 Å². The van der Waals surface area contributed by atoms with Crippen molar-refractivity contribution in [3.05, 3.63) is 54.6 Å². The molecule has 0 unspecified atom stereocenters. The lowest BCUT2D eigenvalue weighted by Gasteiger charge is -2.14. The minimum atomic E-state index is 0.492. The molecular weight excluding hydrogens is 352 g/mol. The highest BCUT2D eigenvalue weighted by molar-refractivity contribution is 5.68. The van der Waals surface area contributed by atoms with Crippen LogP contribution in [-0.4, -0.2) is 30.7 Å². The van der Waals surface area contributed by atoms with Crippen LogP contribution in [0.1, 0.15) is 13.8 Å². The van der Waals surface area contributed by atoms with E-state index in [1.165, 1.54) is 0 Å². The number of anilines is 3. The maximum atomic E-state index is 5.39. The molecule has 0 spiro atoms. The van der Waals surface area contributed by atoms with Crippen molar-refractivity contribution in [2.75, 3.05) is 31.4 Å². The number of nitrogens with zero attached hydrogens (tertiary/aromatic N) is 2. The molecule has 0 aliphatic carbocycles. The van der Waals surface area contributed by atoms with Gasteiger partial charge in [0, 0.05) is 29.9 Å². The van der Waals surface area contributed by atoms with E-state index in [2.05, 4.69) is 34.4 Å². The summed E-state index contributed by atoms with van der Waals surface area (Å²) in [6, 6.07) is 17.7.